The fraction of sp³-hybridized carbons (Fsp3) is 0.333. The van der Waals surface area contributed by atoms with Crippen LogP contribution in [0.5, 0.6) is 0 Å². The van der Waals surface area contributed by atoms with Crippen molar-refractivity contribution < 1.29 is 14.7 Å². The summed E-state index contributed by atoms with van der Waals surface area (Å²) in [5.41, 5.74) is 1.02. The summed E-state index contributed by atoms with van der Waals surface area (Å²) in [4.78, 5) is 23.7. The Morgan fingerprint density at radius 1 is 1.41 bits per heavy atom. The fourth-order valence-corrected chi connectivity index (χ4v) is 1.98. The number of rotatable bonds is 4. The van der Waals surface area contributed by atoms with E-state index in [1.54, 1.807) is 4.90 Å². The molecule has 0 saturated carbocycles. The Morgan fingerprint density at radius 2 is 2.12 bits per heavy atom. The van der Waals surface area contributed by atoms with Crippen LogP contribution in [0.1, 0.15) is 18.0 Å². The number of carbonyl (C=O) groups excluding carboxylic acids is 1. The minimum absolute atomic E-state index is 0.0310. The van der Waals surface area contributed by atoms with E-state index >= 15 is 0 Å². The predicted octanol–water partition coefficient (Wildman–Crippen LogP) is 1.23. The second-order valence-electron chi connectivity index (χ2n) is 3.95. The highest BCUT2D eigenvalue weighted by molar-refractivity contribution is 5.78. The molecule has 1 aromatic rings. The van der Waals surface area contributed by atoms with E-state index in [9.17, 15) is 9.59 Å². The third-order valence-corrected chi connectivity index (χ3v) is 2.83. The number of benzene rings is 1. The number of nitrogens with one attached hydrogen (secondary N) is 1. The van der Waals surface area contributed by atoms with Crippen molar-refractivity contribution in [1.82, 2.24) is 10.2 Å². The number of carboxylic acids is 1. The van der Waals surface area contributed by atoms with E-state index in [0.29, 0.717) is 6.54 Å². The van der Waals surface area contributed by atoms with Crippen LogP contribution in [0.4, 0.5) is 4.79 Å². The van der Waals surface area contributed by atoms with E-state index < -0.39 is 5.97 Å². The molecule has 1 aliphatic heterocycles. The molecule has 1 heterocycles. The topological polar surface area (TPSA) is 69.6 Å². The van der Waals surface area contributed by atoms with Crippen molar-refractivity contribution in [3.8, 4) is 0 Å². The predicted molar refractivity (Wildman–Crippen MR) is 61.5 cm³/mol. The fourth-order valence-electron chi connectivity index (χ4n) is 1.98. The maximum atomic E-state index is 11.6. The summed E-state index contributed by atoms with van der Waals surface area (Å²) in [6.45, 7) is 0.767. The molecule has 0 spiro atoms. The van der Waals surface area contributed by atoms with Crippen molar-refractivity contribution in [3.05, 3.63) is 35.9 Å². The summed E-state index contributed by atoms with van der Waals surface area (Å²) < 4.78 is 0. The molecule has 1 aromatic carbocycles. The average Bonchev–Trinajstić information content (AvgIpc) is 2.69. The second kappa shape index (κ2) is 4.86. The number of hydrogen-bond acceptors (Lipinski definition) is 2. The van der Waals surface area contributed by atoms with E-state index in [4.69, 9.17) is 5.11 Å². The quantitative estimate of drug-likeness (QED) is 0.823. The molecule has 5 heteroatoms. The number of carbonyl (C=O) groups is 2. The first-order chi connectivity index (χ1) is 8.18. The van der Waals surface area contributed by atoms with Gasteiger partial charge in [-0.2, -0.15) is 0 Å². The number of hydrogen-bond donors (Lipinski definition) is 2. The first-order valence-corrected chi connectivity index (χ1v) is 5.49. The van der Waals surface area contributed by atoms with E-state index in [1.165, 1.54) is 0 Å². The van der Waals surface area contributed by atoms with Gasteiger partial charge in [0.1, 0.15) is 0 Å². The van der Waals surface area contributed by atoms with Gasteiger partial charge in [0.15, 0.2) is 0 Å². The van der Waals surface area contributed by atoms with Gasteiger partial charge >= 0.3 is 12.0 Å². The smallest absolute Gasteiger partial charge is 0.318 e. The van der Waals surface area contributed by atoms with Gasteiger partial charge < -0.3 is 15.3 Å². The van der Waals surface area contributed by atoms with Crippen LogP contribution in [0.2, 0.25) is 0 Å². The van der Waals surface area contributed by atoms with Crippen molar-refractivity contribution >= 4 is 12.0 Å². The molecular formula is C12H14N2O3. The summed E-state index contributed by atoms with van der Waals surface area (Å²) in [5, 5.41) is 11.4. The van der Waals surface area contributed by atoms with Crippen LogP contribution in [0.25, 0.3) is 0 Å². The van der Waals surface area contributed by atoms with E-state index in [0.717, 1.165) is 5.56 Å². The normalized spacial score (nSPS) is 19.2. The maximum absolute atomic E-state index is 11.6. The van der Waals surface area contributed by atoms with E-state index in [-0.39, 0.29) is 25.0 Å². The molecule has 0 aromatic heterocycles. The Morgan fingerprint density at radius 3 is 2.76 bits per heavy atom. The minimum Gasteiger partial charge on any atom is -0.481 e. The van der Waals surface area contributed by atoms with Gasteiger partial charge in [0, 0.05) is 13.1 Å². The van der Waals surface area contributed by atoms with Crippen molar-refractivity contribution in [1.29, 1.82) is 0 Å². The Balaban J connectivity index is 2.11. The van der Waals surface area contributed by atoms with Crippen LogP contribution < -0.4 is 5.32 Å². The molecule has 2 amide bonds. The molecule has 2 rings (SSSR count). The van der Waals surface area contributed by atoms with Gasteiger partial charge in [0.2, 0.25) is 0 Å². The standard InChI is InChI=1S/C12H14N2O3/c15-11(16)6-7-14-10(8-13-12(14)17)9-4-2-1-3-5-9/h1-5,10H,6-8H2,(H,13,17)(H,15,16). The lowest BCUT2D eigenvalue weighted by atomic mass is 10.1. The summed E-state index contributed by atoms with van der Waals surface area (Å²) in [5.74, 6) is -0.892. The van der Waals surface area contributed by atoms with Crippen molar-refractivity contribution in [3.63, 3.8) is 0 Å². The van der Waals surface area contributed by atoms with E-state index in [1.807, 2.05) is 30.3 Å². The van der Waals surface area contributed by atoms with Crippen LogP contribution >= 0.6 is 0 Å². The molecule has 2 N–H and O–H groups in total. The molecule has 17 heavy (non-hydrogen) atoms. The number of amides is 2. The first kappa shape index (κ1) is 11.4. The maximum Gasteiger partial charge on any atom is 0.318 e. The number of carboxylic acid groups (broad SMARTS) is 1. The molecule has 1 unspecified atom stereocenters. The molecule has 5 nitrogen and oxygen atoms in total. The molecule has 1 saturated heterocycles. The summed E-state index contributed by atoms with van der Waals surface area (Å²) in [7, 11) is 0. The highest BCUT2D eigenvalue weighted by Crippen LogP contribution is 2.24. The lowest BCUT2D eigenvalue weighted by Gasteiger charge is -2.22. The zero-order chi connectivity index (χ0) is 12.3. The SMILES string of the molecule is O=C(O)CCN1C(=O)NCC1c1ccccc1. The third-order valence-electron chi connectivity index (χ3n) is 2.83. The summed E-state index contributed by atoms with van der Waals surface area (Å²) in [6, 6.07) is 9.36. The first-order valence-electron chi connectivity index (χ1n) is 5.49. The number of urea groups is 1. The minimum atomic E-state index is -0.892. The largest absolute Gasteiger partial charge is 0.481 e. The zero-order valence-corrected chi connectivity index (χ0v) is 9.30. The van der Waals surface area contributed by atoms with Crippen molar-refractivity contribution in [2.45, 2.75) is 12.5 Å². The lowest BCUT2D eigenvalue weighted by molar-refractivity contribution is -0.137. The van der Waals surface area contributed by atoms with Gasteiger partial charge in [-0.15, -0.1) is 0 Å². The van der Waals surface area contributed by atoms with Gasteiger partial charge in [0.25, 0.3) is 0 Å². The Hall–Kier alpha value is -2.04. The summed E-state index contributed by atoms with van der Waals surface area (Å²) in [6.07, 6.45) is -0.0310. The van der Waals surface area contributed by atoms with Crippen LogP contribution in [0.15, 0.2) is 30.3 Å². The summed E-state index contributed by atoms with van der Waals surface area (Å²) >= 11 is 0. The second-order valence-corrected chi connectivity index (χ2v) is 3.95. The van der Waals surface area contributed by atoms with Crippen LogP contribution in [0.3, 0.4) is 0 Å². The van der Waals surface area contributed by atoms with E-state index in [2.05, 4.69) is 5.32 Å². The van der Waals surface area contributed by atoms with Gasteiger partial charge in [-0.25, -0.2) is 4.79 Å². The third kappa shape index (κ3) is 2.55. The van der Waals surface area contributed by atoms with Crippen LogP contribution in [-0.2, 0) is 4.79 Å². The molecule has 0 radical (unpaired) electrons. The molecule has 90 valence electrons. The highest BCUT2D eigenvalue weighted by Gasteiger charge is 2.31. The Bertz CT molecular complexity index is 419. The average molecular weight is 234 g/mol. The van der Waals surface area contributed by atoms with Crippen LogP contribution in [-0.4, -0.2) is 35.1 Å². The van der Waals surface area contributed by atoms with Gasteiger partial charge in [-0.1, -0.05) is 30.3 Å². The molecule has 0 bridgehead atoms. The Labute approximate surface area is 99.0 Å². The molecule has 1 atom stereocenters. The molecule has 1 fully saturated rings. The number of aliphatic carboxylic acids is 1. The molecule has 1 aliphatic rings. The lowest BCUT2D eigenvalue weighted by Crippen LogP contribution is -2.31. The highest BCUT2D eigenvalue weighted by atomic mass is 16.4. The Kier molecular flexibility index (Phi) is 3.27. The van der Waals surface area contributed by atoms with Gasteiger partial charge in [-0.3, -0.25) is 4.79 Å². The van der Waals surface area contributed by atoms with Crippen molar-refractivity contribution in [2.24, 2.45) is 0 Å². The monoisotopic (exact) mass is 234 g/mol. The van der Waals surface area contributed by atoms with Gasteiger partial charge in [0.05, 0.1) is 12.5 Å². The zero-order valence-electron chi connectivity index (χ0n) is 9.30. The molecule has 0 aliphatic carbocycles. The van der Waals surface area contributed by atoms with Crippen LogP contribution in [0, 0.1) is 0 Å². The number of nitrogens with zero attached hydrogens (tertiary/aromatic N) is 1. The molecular weight excluding hydrogens is 220 g/mol. The van der Waals surface area contributed by atoms with Gasteiger partial charge in [-0.05, 0) is 5.56 Å². The van der Waals surface area contributed by atoms with Crippen molar-refractivity contribution in [2.75, 3.05) is 13.1 Å².